The second-order valence-corrected chi connectivity index (χ2v) is 7.48. The quantitative estimate of drug-likeness (QED) is 0.701. The molecule has 2 saturated heterocycles. The maximum absolute atomic E-state index is 12.4. The normalized spacial score (nSPS) is 21.7. The maximum Gasteiger partial charge on any atom is 0.410 e. The Bertz CT molecular complexity index is 1040. The SMILES string of the molecule is Cc1nc(N2CCN3C(=O)OCC3(Cc3ccccc3)C2)c2cccnc2n1. The number of cyclic esters (lactones) is 1. The van der Waals surface area contributed by atoms with E-state index in [2.05, 4.69) is 27.0 Å². The van der Waals surface area contributed by atoms with Crippen molar-refractivity contribution in [1.82, 2.24) is 19.9 Å². The first-order valence-electron chi connectivity index (χ1n) is 9.47. The van der Waals surface area contributed by atoms with E-state index >= 15 is 0 Å². The van der Waals surface area contributed by atoms with Gasteiger partial charge in [0.15, 0.2) is 5.65 Å². The lowest BCUT2D eigenvalue weighted by Gasteiger charge is -2.45. The molecule has 0 spiro atoms. The van der Waals surface area contributed by atoms with Crippen LogP contribution >= 0.6 is 0 Å². The van der Waals surface area contributed by atoms with E-state index in [1.807, 2.05) is 42.2 Å². The van der Waals surface area contributed by atoms with Gasteiger partial charge in [-0.3, -0.25) is 4.90 Å². The largest absolute Gasteiger partial charge is 0.447 e. The number of nitrogens with zero attached hydrogens (tertiary/aromatic N) is 5. The number of fused-ring (bicyclic) bond motifs is 2. The number of carbonyl (C=O) groups is 1. The summed E-state index contributed by atoms with van der Waals surface area (Å²) < 4.78 is 5.49. The monoisotopic (exact) mass is 375 g/mol. The van der Waals surface area contributed by atoms with E-state index in [0.717, 1.165) is 17.6 Å². The molecule has 1 unspecified atom stereocenters. The van der Waals surface area contributed by atoms with Gasteiger partial charge in [-0.25, -0.2) is 19.7 Å². The summed E-state index contributed by atoms with van der Waals surface area (Å²) in [5.74, 6) is 1.57. The van der Waals surface area contributed by atoms with Crippen molar-refractivity contribution in [3.63, 3.8) is 0 Å². The van der Waals surface area contributed by atoms with Crippen molar-refractivity contribution in [3.8, 4) is 0 Å². The van der Waals surface area contributed by atoms with Crippen LogP contribution in [0.15, 0.2) is 48.7 Å². The zero-order chi connectivity index (χ0) is 19.1. The zero-order valence-electron chi connectivity index (χ0n) is 15.7. The third kappa shape index (κ3) is 2.74. The molecule has 7 heteroatoms. The van der Waals surface area contributed by atoms with E-state index in [1.165, 1.54) is 5.56 Å². The van der Waals surface area contributed by atoms with Gasteiger partial charge in [0, 0.05) is 32.3 Å². The Morgan fingerprint density at radius 3 is 2.82 bits per heavy atom. The first kappa shape index (κ1) is 16.9. The Labute approximate surface area is 163 Å². The van der Waals surface area contributed by atoms with Crippen LogP contribution in [0.3, 0.4) is 0 Å². The second-order valence-electron chi connectivity index (χ2n) is 7.48. The maximum atomic E-state index is 12.4. The summed E-state index contributed by atoms with van der Waals surface area (Å²) in [6.07, 6.45) is 2.27. The van der Waals surface area contributed by atoms with Crippen LogP contribution in [-0.2, 0) is 11.2 Å². The van der Waals surface area contributed by atoms with Crippen molar-refractivity contribution in [2.24, 2.45) is 0 Å². The molecule has 2 aromatic heterocycles. The molecule has 2 aliphatic rings. The Hall–Kier alpha value is -3.22. The molecular formula is C21H21N5O2. The van der Waals surface area contributed by atoms with Crippen molar-refractivity contribution < 1.29 is 9.53 Å². The van der Waals surface area contributed by atoms with E-state index in [9.17, 15) is 4.79 Å². The third-order valence-corrected chi connectivity index (χ3v) is 5.57. The fourth-order valence-corrected chi connectivity index (χ4v) is 4.31. The molecule has 142 valence electrons. The summed E-state index contributed by atoms with van der Waals surface area (Å²) in [7, 11) is 0. The predicted molar refractivity (Wildman–Crippen MR) is 105 cm³/mol. The van der Waals surface area contributed by atoms with Crippen LogP contribution in [0, 0.1) is 6.92 Å². The molecule has 0 radical (unpaired) electrons. The van der Waals surface area contributed by atoms with E-state index in [-0.39, 0.29) is 6.09 Å². The molecule has 0 bridgehead atoms. The number of hydrogen-bond donors (Lipinski definition) is 0. The zero-order valence-corrected chi connectivity index (χ0v) is 15.7. The third-order valence-electron chi connectivity index (χ3n) is 5.57. The molecule has 28 heavy (non-hydrogen) atoms. The van der Waals surface area contributed by atoms with Crippen molar-refractivity contribution in [1.29, 1.82) is 0 Å². The molecule has 4 heterocycles. The van der Waals surface area contributed by atoms with Gasteiger partial charge in [-0.15, -0.1) is 0 Å². The van der Waals surface area contributed by atoms with E-state index < -0.39 is 5.54 Å². The Balaban J connectivity index is 1.54. The van der Waals surface area contributed by atoms with Gasteiger partial charge < -0.3 is 9.64 Å². The van der Waals surface area contributed by atoms with Crippen LogP contribution in [0.1, 0.15) is 11.4 Å². The number of anilines is 1. The van der Waals surface area contributed by atoms with Crippen molar-refractivity contribution >= 4 is 22.9 Å². The lowest BCUT2D eigenvalue weighted by molar-refractivity contribution is 0.140. The molecule has 7 nitrogen and oxygen atoms in total. The fraction of sp³-hybridized carbons (Fsp3) is 0.333. The lowest BCUT2D eigenvalue weighted by atomic mass is 9.88. The average Bonchev–Trinajstić information content (AvgIpc) is 3.03. The molecule has 1 atom stereocenters. The van der Waals surface area contributed by atoms with Gasteiger partial charge in [-0.05, 0) is 24.6 Å². The molecule has 2 aliphatic heterocycles. The molecule has 3 aromatic rings. The highest BCUT2D eigenvalue weighted by molar-refractivity contribution is 5.87. The molecule has 1 aromatic carbocycles. The number of pyridine rings is 1. The first-order chi connectivity index (χ1) is 13.6. The summed E-state index contributed by atoms with van der Waals surface area (Å²) in [6, 6.07) is 14.2. The summed E-state index contributed by atoms with van der Waals surface area (Å²) >= 11 is 0. The van der Waals surface area contributed by atoms with Crippen LogP contribution in [0.2, 0.25) is 0 Å². The second kappa shape index (κ2) is 6.44. The number of aromatic nitrogens is 3. The highest BCUT2D eigenvalue weighted by Crippen LogP contribution is 2.35. The number of piperazine rings is 1. The van der Waals surface area contributed by atoms with Crippen LogP contribution in [0.4, 0.5) is 10.6 Å². The minimum Gasteiger partial charge on any atom is -0.447 e. The molecule has 1 amide bonds. The summed E-state index contributed by atoms with van der Waals surface area (Å²) in [6.45, 7) is 4.24. The number of benzene rings is 1. The minimum atomic E-state index is -0.399. The number of ether oxygens (including phenoxy) is 1. The van der Waals surface area contributed by atoms with Crippen molar-refractivity contribution in [2.45, 2.75) is 18.9 Å². The van der Waals surface area contributed by atoms with Crippen LogP contribution in [0.25, 0.3) is 11.0 Å². The van der Waals surface area contributed by atoms with Gasteiger partial charge in [0.2, 0.25) is 0 Å². The molecule has 5 rings (SSSR count). The van der Waals surface area contributed by atoms with Gasteiger partial charge in [0.1, 0.15) is 23.8 Å². The molecule has 0 N–H and O–H groups in total. The summed E-state index contributed by atoms with van der Waals surface area (Å²) in [4.78, 5) is 30.1. The minimum absolute atomic E-state index is 0.221. The Kier molecular flexibility index (Phi) is 3.89. The number of hydrogen-bond acceptors (Lipinski definition) is 6. The van der Waals surface area contributed by atoms with Gasteiger partial charge in [0.05, 0.1) is 5.39 Å². The Morgan fingerprint density at radius 2 is 1.96 bits per heavy atom. The smallest absolute Gasteiger partial charge is 0.410 e. The average molecular weight is 375 g/mol. The van der Waals surface area contributed by atoms with Crippen LogP contribution in [-0.4, -0.2) is 57.7 Å². The van der Waals surface area contributed by atoms with Gasteiger partial charge in [-0.2, -0.15) is 0 Å². The van der Waals surface area contributed by atoms with E-state index in [4.69, 9.17) is 9.72 Å². The van der Waals surface area contributed by atoms with Crippen LogP contribution in [0.5, 0.6) is 0 Å². The predicted octanol–water partition coefficient (Wildman–Crippen LogP) is 2.59. The molecule has 0 aliphatic carbocycles. The van der Waals surface area contributed by atoms with E-state index in [1.54, 1.807) is 6.20 Å². The van der Waals surface area contributed by atoms with Gasteiger partial charge in [0.25, 0.3) is 0 Å². The number of amides is 1. The number of aryl methyl sites for hydroxylation is 1. The van der Waals surface area contributed by atoms with Gasteiger partial charge >= 0.3 is 6.09 Å². The topological polar surface area (TPSA) is 71.5 Å². The fourth-order valence-electron chi connectivity index (χ4n) is 4.31. The van der Waals surface area contributed by atoms with Crippen molar-refractivity contribution in [2.75, 3.05) is 31.1 Å². The molecular weight excluding hydrogens is 354 g/mol. The highest BCUT2D eigenvalue weighted by Gasteiger charge is 2.51. The highest BCUT2D eigenvalue weighted by atomic mass is 16.6. The van der Waals surface area contributed by atoms with Crippen LogP contribution < -0.4 is 4.90 Å². The molecule has 2 fully saturated rings. The lowest BCUT2D eigenvalue weighted by Crippen LogP contribution is -2.62. The standard InChI is InChI=1S/C21H21N5O2/c1-15-23-18-17(8-5-9-22-18)19(24-15)25-10-11-26-20(27)28-14-21(26,13-25)12-16-6-3-2-4-7-16/h2-9H,10-14H2,1H3. The molecule has 0 saturated carbocycles. The summed E-state index contributed by atoms with van der Waals surface area (Å²) in [5, 5.41) is 0.932. The van der Waals surface area contributed by atoms with E-state index in [0.29, 0.717) is 37.7 Å². The summed E-state index contributed by atoms with van der Waals surface area (Å²) in [5.41, 5.74) is 1.49. The first-order valence-corrected chi connectivity index (χ1v) is 9.47. The van der Waals surface area contributed by atoms with Gasteiger partial charge in [-0.1, -0.05) is 30.3 Å². The number of rotatable bonds is 3. The number of carbonyl (C=O) groups excluding carboxylic acids is 1. The van der Waals surface area contributed by atoms with Crippen molar-refractivity contribution in [3.05, 3.63) is 60.0 Å². The Morgan fingerprint density at radius 1 is 1.11 bits per heavy atom.